The molecule has 0 aliphatic heterocycles. The molecule has 2 heteroatoms. The van der Waals surface area contributed by atoms with Gasteiger partial charge in [0, 0.05) is 0 Å². The molecule has 2 unspecified atom stereocenters. The molecule has 0 heterocycles. The molecular weight excluding hydrogens is 164 g/mol. The van der Waals surface area contributed by atoms with E-state index < -0.39 is 0 Å². The maximum atomic E-state index is 5.23. The first-order valence-electron chi connectivity index (χ1n) is 5.25. The summed E-state index contributed by atoms with van der Waals surface area (Å²) < 4.78 is 10.5. The second kappa shape index (κ2) is 8.52. The smallest absolute Gasteiger partial charge is 0.209 e. The van der Waals surface area contributed by atoms with Crippen LogP contribution < -0.4 is 0 Å². The van der Waals surface area contributed by atoms with Crippen LogP contribution in [0.25, 0.3) is 0 Å². The molecule has 2 atom stereocenters. The lowest BCUT2D eigenvalue weighted by Gasteiger charge is -2.11. The third-order valence-electron chi connectivity index (χ3n) is 2.29. The van der Waals surface area contributed by atoms with Crippen LogP contribution in [0, 0.1) is 18.6 Å². The molecule has 13 heavy (non-hydrogen) atoms. The predicted molar refractivity (Wildman–Crippen MR) is 55.1 cm³/mol. The van der Waals surface area contributed by atoms with Gasteiger partial charge in [0.05, 0.1) is 13.2 Å². The normalized spacial score (nSPS) is 15.7. The molecule has 0 aliphatic rings. The molecule has 0 amide bonds. The maximum absolute atomic E-state index is 5.23. The minimum absolute atomic E-state index is 0.614. The molecule has 0 rings (SSSR count). The van der Waals surface area contributed by atoms with Crippen molar-refractivity contribution >= 4 is 0 Å². The Balaban J connectivity index is 3.08. The molecule has 0 bridgehead atoms. The van der Waals surface area contributed by atoms with E-state index in [9.17, 15) is 0 Å². The monoisotopic (exact) mass is 187 g/mol. The van der Waals surface area contributed by atoms with Gasteiger partial charge in [-0.2, -0.15) is 0 Å². The Morgan fingerprint density at radius 2 is 1.31 bits per heavy atom. The zero-order valence-corrected chi connectivity index (χ0v) is 9.38. The number of rotatable bonds is 8. The molecule has 0 spiro atoms. The predicted octanol–water partition coefficient (Wildman–Crippen LogP) is 3.23. The van der Waals surface area contributed by atoms with Crippen LogP contribution in [0.15, 0.2) is 0 Å². The molecule has 0 aromatic heterocycles. The van der Waals surface area contributed by atoms with Crippen LogP contribution in [0.1, 0.15) is 40.5 Å². The van der Waals surface area contributed by atoms with Gasteiger partial charge in [-0.3, -0.25) is 0 Å². The molecule has 0 fully saturated rings. The van der Waals surface area contributed by atoms with Crippen LogP contribution >= 0.6 is 0 Å². The fourth-order valence-electron chi connectivity index (χ4n) is 0.691. The molecule has 1 radical (unpaired) electrons. The van der Waals surface area contributed by atoms with Crippen molar-refractivity contribution in [2.24, 2.45) is 11.8 Å². The summed E-state index contributed by atoms with van der Waals surface area (Å²) >= 11 is 0. The summed E-state index contributed by atoms with van der Waals surface area (Å²) in [4.78, 5) is 0. The highest BCUT2D eigenvalue weighted by Gasteiger charge is 2.00. The van der Waals surface area contributed by atoms with Gasteiger partial charge in [0.2, 0.25) is 6.79 Å². The summed E-state index contributed by atoms with van der Waals surface area (Å²) in [5.74, 6) is 1.23. The number of hydrogen-bond acceptors (Lipinski definition) is 2. The van der Waals surface area contributed by atoms with Gasteiger partial charge >= 0.3 is 0 Å². The van der Waals surface area contributed by atoms with Crippen LogP contribution in [0.4, 0.5) is 0 Å². The summed E-state index contributed by atoms with van der Waals surface area (Å²) in [5.41, 5.74) is 0. The van der Waals surface area contributed by atoms with Crippen LogP contribution in [0.5, 0.6) is 0 Å². The van der Waals surface area contributed by atoms with E-state index in [0.29, 0.717) is 11.8 Å². The van der Waals surface area contributed by atoms with E-state index in [2.05, 4.69) is 27.7 Å². The summed E-state index contributed by atoms with van der Waals surface area (Å²) in [7, 11) is 0. The Kier molecular flexibility index (Phi) is 8.46. The van der Waals surface area contributed by atoms with E-state index in [-0.39, 0.29) is 0 Å². The molecule has 0 saturated heterocycles. The van der Waals surface area contributed by atoms with Crippen molar-refractivity contribution in [2.45, 2.75) is 40.5 Å². The Labute approximate surface area is 82.6 Å². The van der Waals surface area contributed by atoms with Crippen LogP contribution in [0.2, 0.25) is 0 Å². The third kappa shape index (κ3) is 8.26. The Morgan fingerprint density at radius 3 is 1.62 bits per heavy atom. The molecule has 2 nitrogen and oxygen atoms in total. The maximum Gasteiger partial charge on any atom is 0.209 e. The topological polar surface area (TPSA) is 18.5 Å². The highest BCUT2D eigenvalue weighted by Crippen LogP contribution is 2.04. The SMILES string of the molecule is CCC(C)CO[CH]OCC(C)CC. The first kappa shape index (κ1) is 12.9. The summed E-state index contributed by atoms with van der Waals surface area (Å²) in [6, 6.07) is 0. The van der Waals surface area contributed by atoms with Crippen molar-refractivity contribution in [2.75, 3.05) is 13.2 Å². The molecule has 0 aromatic carbocycles. The van der Waals surface area contributed by atoms with Crippen molar-refractivity contribution < 1.29 is 9.47 Å². The zero-order valence-electron chi connectivity index (χ0n) is 9.38. The van der Waals surface area contributed by atoms with E-state index in [1.165, 1.54) is 6.79 Å². The lowest BCUT2D eigenvalue weighted by Crippen LogP contribution is -2.07. The van der Waals surface area contributed by atoms with Crippen LogP contribution in [-0.2, 0) is 9.47 Å². The van der Waals surface area contributed by atoms with E-state index in [1.54, 1.807) is 0 Å². The van der Waals surface area contributed by atoms with E-state index >= 15 is 0 Å². The Hall–Kier alpha value is -0.0800. The van der Waals surface area contributed by atoms with E-state index in [4.69, 9.17) is 9.47 Å². The fourth-order valence-corrected chi connectivity index (χ4v) is 0.691. The highest BCUT2D eigenvalue weighted by molar-refractivity contribution is 4.49. The van der Waals surface area contributed by atoms with E-state index in [0.717, 1.165) is 26.1 Å². The highest BCUT2D eigenvalue weighted by atomic mass is 16.7. The standard InChI is InChI=1S/C11H23O2/c1-5-10(3)7-12-9-13-8-11(4)6-2/h9-11H,5-8H2,1-4H3. The molecule has 0 N–H and O–H groups in total. The second-order valence-corrected chi connectivity index (χ2v) is 3.79. The van der Waals surface area contributed by atoms with Crippen molar-refractivity contribution in [1.29, 1.82) is 0 Å². The number of hydrogen-bond donors (Lipinski definition) is 0. The van der Waals surface area contributed by atoms with Crippen molar-refractivity contribution in [3.8, 4) is 0 Å². The number of ether oxygens (including phenoxy) is 2. The lowest BCUT2D eigenvalue weighted by molar-refractivity contribution is -0.00265. The Morgan fingerprint density at radius 1 is 0.923 bits per heavy atom. The quantitative estimate of drug-likeness (QED) is 0.543. The minimum Gasteiger partial charge on any atom is -0.348 e. The zero-order chi connectivity index (χ0) is 10.1. The molecule has 0 saturated carbocycles. The molecule has 79 valence electrons. The molecular formula is C11H23O2. The minimum atomic E-state index is 0.614. The summed E-state index contributed by atoms with van der Waals surface area (Å²) in [6.45, 7) is 11.7. The first-order chi connectivity index (χ1) is 6.20. The second-order valence-electron chi connectivity index (χ2n) is 3.79. The van der Waals surface area contributed by atoms with Crippen molar-refractivity contribution in [3.63, 3.8) is 0 Å². The van der Waals surface area contributed by atoms with Gasteiger partial charge in [0.15, 0.2) is 0 Å². The van der Waals surface area contributed by atoms with Gasteiger partial charge in [0.25, 0.3) is 0 Å². The van der Waals surface area contributed by atoms with Gasteiger partial charge in [-0.15, -0.1) is 0 Å². The fraction of sp³-hybridized carbons (Fsp3) is 0.909. The third-order valence-corrected chi connectivity index (χ3v) is 2.29. The average Bonchev–Trinajstić information content (AvgIpc) is 2.16. The van der Waals surface area contributed by atoms with Gasteiger partial charge in [0.1, 0.15) is 0 Å². The van der Waals surface area contributed by atoms with Crippen LogP contribution in [0.3, 0.4) is 0 Å². The van der Waals surface area contributed by atoms with Gasteiger partial charge in [-0.05, 0) is 11.8 Å². The van der Waals surface area contributed by atoms with Gasteiger partial charge in [-0.25, -0.2) is 0 Å². The van der Waals surface area contributed by atoms with Crippen molar-refractivity contribution in [3.05, 3.63) is 6.79 Å². The summed E-state index contributed by atoms with van der Waals surface area (Å²) in [6.07, 6.45) is 2.30. The first-order valence-corrected chi connectivity index (χ1v) is 5.25. The van der Waals surface area contributed by atoms with Crippen LogP contribution in [-0.4, -0.2) is 13.2 Å². The largest absolute Gasteiger partial charge is 0.348 e. The average molecular weight is 187 g/mol. The molecule has 0 aromatic rings. The van der Waals surface area contributed by atoms with Crippen molar-refractivity contribution in [1.82, 2.24) is 0 Å². The molecule has 0 aliphatic carbocycles. The van der Waals surface area contributed by atoms with Gasteiger partial charge in [-0.1, -0.05) is 40.5 Å². The lowest BCUT2D eigenvalue weighted by atomic mass is 10.1. The summed E-state index contributed by atoms with van der Waals surface area (Å²) in [5, 5.41) is 0. The Bertz CT molecular complexity index is 92.3. The van der Waals surface area contributed by atoms with Gasteiger partial charge < -0.3 is 9.47 Å². The van der Waals surface area contributed by atoms with E-state index in [1.807, 2.05) is 0 Å².